The van der Waals surface area contributed by atoms with E-state index < -0.39 is 24.1 Å². The first kappa shape index (κ1) is 22.1. The summed E-state index contributed by atoms with van der Waals surface area (Å²) in [6.45, 7) is 2.45. The SMILES string of the molecule is COc1cccc(OC)c1C(=O)Nc1nnc(CCC(OC(C)=O)OC(C)=O)s1. The first-order chi connectivity index (χ1) is 13.8. The van der Waals surface area contributed by atoms with Crippen molar-refractivity contribution in [2.24, 2.45) is 0 Å². The number of hydrogen-bond donors (Lipinski definition) is 1. The van der Waals surface area contributed by atoms with Crippen molar-refractivity contribution >= 4 is 34.3 Å². The Labute approximate surface area is 171 Å². The van der Waals surface area contributed by atoms with Gasteiger partial charge in [0, 0.05) is 26.7 Å². The molecule has 2 aromatic rings. The minimum Gasteiger partial charge on any atom is -0.496 e. The zero-order valence-corrected chi connectivity index (χ0v) is 17.2. The maximum atomic E-state index is 12.6. The third kappa shape index (κ3) is 6.42. The van der Waals surface area contributed by atoms with Gasteiger partial charge in [0.1, 0.15) is 22.1 Å². The fourth-order valence-corrected chi connectivity index (χ4v) is 3.14. The molecule has 29 heavy (non-hydrogen) atoms. The summed E-state index contributed by atoms with van der Waals surface area (Å²) in [6.07, 6.45) is -0.469. The molecule has 11 heteroatoms. The van der Waals surface area contributed by atoms with E-state index in [4.69, 9.17) is 18.9 Å². The lowest BCUT2D eigenvalue weighted by Gasteiger charge is -2.15. The lowest BCUT2D eigenvalue weighted by molar-refractivity contribution is -0.185. The molecule has 0 aliphatic heterocycles. The van der Waals surface area contributed by atoms with Crippen LogP contribution < -0.4 is 14.8 Å². The van der Waals surface area contributed by atoms with E-state index in [1.165, 1.54) is 28.1 Å². The summed E-state index contributed by atoms with van der Waals surface area (Å²) in [6, 6.07) is 5.00. The second-order valence-corrected chi connectivity index (χ2v) is 6.74. The van der Waals surface area contributed by atoms with Crippen LogP contribution in [0.5, 0.6) is 11.5 Å². The van der Waals surface area contributed by atoms with E-state index in [9.17, 15) is 14.4 Å². The van der Waals surface area contributed by atoms with E-state index >= 15 is 0 Å². The first-order valence-electron chi connectivity index (χ1n) is 8.53. The van der Waals surface area contributed by atoms with E-state index in [1.807, 2.05) is 0 Å². The third-order valence-corrected chi connectivity index (χ3v) is 4.43. The van der Waals surface area contributed by atoms with E-state index in [1.54, 1.807) is 18.2 Å². The number of benzene rings is 1. The number of rotatable bonds is 9. The molecule has 0 radical (unpaired) electrons. The minimum atomic E-state index is -1.01. The molecule has 1 amide bonds. The fraction of sp³-hybridized carbons (Fsp3) is 0.389. The number of nitrogens with zero attached hydrogens (tertiary/aromatic N) is 2. The topological polar surface area (TPSA) is 126 Å². The van der Waals surface area contributed by atoms with Gasteiger partial charge in [0.15, 0.2) is 0 Å². The lowest BCUT2D eigenvalue weighted by Crippen LogP contribution is -2.23. The second-order valence-electron chi connectivity index (χ2n) is 5.68. The Kier molecular flexibility index (Phi) is 7.89. The van der Waals surface area contributed by atoms with Crippen molar-refractivity contribution in [3.05, 3.63) is 28.8 Å². The van der Waals surface area contributed by atoms with Crippen LogP contribution in [0.3, 0.4) is 0 Å². The van der Waals surface area contributed by atoms with E-state index in [-0.39, 0.29) is 17.1 Å². The van der Waals surface area contributed by atoms with Gasteiger partial charge in [-0.25, -0.2) is 0 Å². The molecule has 1 aromatic carbocycles. The third-order valence-electron chi connectivity index (χ3n) is 3.53. The number of carbonyl (C=O) groups excluding carboxylic acids is 3. The molecule has 0 aliphatic rings. The maximum absolute atomic E-state index is 12.6. The van der Waals surface area contributed by atoms with Crippen molar-refractivity contribution in [2.75, 3.05) is 19.5 Å². The molecule has 1 N–H and O–H groups in total. The van der Waals surface area contributed by atoms with Crippen LogP contribution >= 0.6 is 11.3 Å². The van der Waals surface area contributed by atoms with Gasteiger partial charge in [0.2, 0.25) is 11.4 Å². The molecule has 0 atom stereocenters. The number of ether oxygens (including phenoxy) is 4. The highest BCUT2D eigenvalue weighted by atomic mass is 32.1. The molecule has 10 nitrogen and oxygen atoms in total. The standard InChI is InChI=1S/C18H21N3O7S/c1-10(22)27-15(28-11(2)23)9-8-14-20-21-18(29-14)19-17(24)16-12(25-3)6-5-7-13(16)26-4/h5-7,15H,8-9H2,1-4H3,(H,19,21,24). The molecule has 0 spiro atoms. The normalized spacial score (nSPS) is 10.4. The van der Waals surface area contributed by atoms with Gasteiger partial charge < -0.3 is 18.9 Å². The van der Waals surface area contributed by atoms with Crippen molar-refractivity contribution in [2.45, 2.75) is 33.0 Å². The Morgan fingerprint density at radius 2 is 1.62 bits per heavy atom. The number of carbonyl (C=O) groups is 3. The van der Waals surface area contributed by atoms with Crippen LogP contribution in [0.4, 0.5) is 5.13 Å². The van der Waals surface area contributed by atoms with Gasteiger partial charge in [0.25, 0.3) is 5.91 Å². The number of hydrogen-bond acceptors (Lipinski definition) is 10. The van der Waals surface area contributed by atoms with Gasteiger partial charge in [-0.1, -0.05) is 17.4 Å². The van der Waals surface area contributed by atoms with Gasteiger partial charge in [-0.15, -0.1) is 10.2 Å². The van der Waals surface area contributed by atoms with E-state index in [0.717, 1.165) is 11.3 Å². The minimum absolute atomic E-state index is 0.210. The highest BCUT2D eigenvalue weighted by Gasteiger charge is 2.21. The molecule has 1 heterocycles. The summed E-state index contributed by atoms with van der Waals surface area (Å²) >= 11 is 1.15. The van der Waals surface area contributed by atoms with Crippen molar-refractivity contribution in [3.63, 3.8) is 0 Å². The number of amides is 1. The van der Waals surface area contributed by atoms with Gasteiger partial charge >= 0.3 is 11.9 Å². The smallest absolute Gasteiger partial charge is 0.305 e. The fourth-order valence-electron chi connectivity index (χ4n) is 2.39. The molecule has 0 unspecified atom stereocenters. The monoisotopic (exact) mass is 423 g/mol. The van der Waals surface area contributed by atoms with Crippen molar-refractivity contribution in [3.8, 4) is 11.5 Å². The van der Waals surface area contributed by atoms with Gasteiger partial charge in [-0.3, -0.25) is 19.7 Å². The summed E-state index contributed by atoms with van der Waals surface area (Å²) in [4.78, 5) is 34.9. The van der Waals surface area contributed by atoms with Crippen molar-refractivity contribution in [1.82, 2.24) is 10.2 Å². The quantitative estimate of drug-likeness (QED) is 0.477. The van der Waals surface area contributed by atoms with Crippen LogP contribution in [0.25, 0.3) is 0 Å². The number of aromatic nitrogens is 2. The summed E-state index contributed by atoms with van der Waals surface area (Å²) in [5, 5.41) is 11.4. The summed E-state index contributed by atoms with van der Waals surface area (Å²) in [5.41, 5.74) is 0.235. The average molecular weight is 423 g/mol. The molecular weight excluding hydrogens is 402 g/mol. The Balaban J connectivity index is 2.04. The van der Waals surface area contributed by atoms with E-state index in [2.05, 4.69) is 15.5 Å². The molecule has 0 fully saturated rings. The summed E-state index contributed by atoms with van der Waals surface area (Å²) in [7, 11) is 2.91. The Morgan fingerprint density at radius 1 is 1.03 bits per heavy atom. The van der Waals surface area contributed by atoms with Gasteiger partial charge in [-0.05, 0) is 12.1 Å². The highest BCUT2D eigenvalue weighted by molar-refractivity contribution is 7.15. The van der Waals surface area contributed by atoms with Crippen LogP contribution in [0, 0.1) is 0 Å². The molecule has 0 saturated carbocycles. The number of aryl methyl sites for hydroxylation is 1. The molecule has 2 rings (SSSR count). The number of nitrogens with one attached hydrogen (secondary N) is 1. The number of methoxy groups -OCH3 is 2. The second kappa shape index (κ2) is 10.4. The predicted molar refractivity (Wildman–Crippen MR) is 103 cm³/mol. The molecule has 1 aromatic heterocycles. The molecular formula is C18H21N3O7S. The summed E-state index contributed by atoms with van der Waals surface area (Å²) in [5.74, 6) is -0.867. The number of esters is 2. The molecule has 156 valence electrons. The maximum Gasteiger partial charge on any atom is 0.305 e. The summed E-state index contributed by atoms with van der Waals surface area (Å²) < 4.78 is 20.3. The zero-order chi connectivity index (χ0) is 21.4. The molecule has 0 bridgehead atoms. The molecule has 0 aliphatic carbocycles. The van der Waals surface area contributed by atoms with Gasteiger partial charge in [-0.2, -0.15) is 0 Å². The van der Waals surface area contributed by atoms with E-state index in [0.29, 0.717) is 22.9 Å². The Hall–Kier alpha value is -3.21. The van der Waals surface area contributed by atoms with Crippen LogP contribution in [-0.4, -0.2) is 48.6 Å². The van der Waals surface area contributed by atoms with Crippen LogP contribution in [-0.2, 0) is 25.5 Å². The van der Waals surface area contributed by atoms with Crippen LogP contribution in [0.1, 0.15) is 35.6 Å². The predicted octanol–water partition coefficient (Wildman–Crippen LogP) is 2.19. The number of anilines is 1. The van der Waals surface area contributed by atoms with Gasteiger partial charge in [0.05, 0.1) is 14.2 Å². The average Bonchev–Trinajstić information content (AvgIpc) is 3.11. The Morgan fingerprint density at radius 3 is 2.14 bits per heavy atom. The Bertz CT molecular complexity index is 846. The zero-order valence-electron chi connectivity index (χ0n) is 16.4. The van der Waals surface area contributed by atoms with Crippen LogP contribution in [0.2, 0.25) is 0 Å². The largest absolute Gasteiger partial charge is 0.496 e. The highest BCUT2D eigenvalue weighted by Crippen LogP contribution is 2.29. The van der Waals surface area contributed by atoms with Crippen LogP contribution in [0.15, 0.2) is 18.2 Å². The van der Waals surface area contributed by atoms with Crippen molar-refractivity contribution < 1.29 is 33.3 Å². The first-order valence-corrected chi connectivity index (χ1v) is 9.34. The molecule has 0 saturated heterocycles. The van der Waals surface area contributed by atoms with Crippen molar-refractivity contribution in [1.29, 1.82) is 0 Å². The lowest BCUT2D eigenvalue weighted by atomic mass is 10.1.